The van der Waals surface area contributed by atoms with Gasteiger partial charge in [-0.3, -0.25) is 4.91 Å². The van der Waals surface area contributed by atoms with Crippen LogP contribution in [-0.2, 0) is 4.57 Å². The monoisotopic (exact) mass is 123 g/mol. The van der Waals surface area contributed by atoms with Crippen LogP contribution in [0.1, 0.15) is 0 Å². The zero-order valence-electron chi connectivity index (χ0n) is 3.09. The maximum atomic E-state index is 8.70. The highest BCUT2D eigenvalue weighted by molar-refractivity contribution is 7.30. The number of hydrogen-bond acceptors (Lipinski definition) is 1. The predicted octanol–water partition coefficient (Wildman–Crippen LogP) is 0.494. The molecular weight excluding hydrogens is 121 g/mol. The van der Waals surface area contributed by atoms with E-state index in [2.05, 4.69) is 0 Å². The molecule has 7 heavy (non-hydrogen) atoms. The van der Waals surface area contributed by atoms with E-state index in [1.165, 1.54) is 4.91 Å². The molecule has 2 N–H and O–H groups in total. The average molecular weight is 123 g/mol. The number of rotatable bonds is 0. The first kappa shape index (κ1) is 9.59. The standard InChI is InChI=1S/N3.HO3P/c1-3-2;1-4(2)3/h;(H-,1,2,3)/q-1;/p+1. The molecule has 40 valence electrons. The SMILES string of the molecule is O=[P+](O)O.[N-]=[N+]=[N-]. The minimum absolute atomic E-state index is 1.50. The lowest BCUT2D eigenvalue weighted by Gasteiger charge is -1.34. The fourth-order valence-corrected chi connectivity index (χ4v) is 0. The average Bonchev–Trinajstić information content (AvgIpc) is 1.33. The van der Waals surface area contributed by atoms with Gasteiger partial charge in [0.05, 0.1) is 0 Å². The van der Waals surface area contributed by atoms with Crippen molar-refractivity contribution in [2.75, 3.05) is 0 Å². The number of nitrogens with zero attached hydrogens (tertiary/aromatic N) is 3. The highest BCUT2D eigenvalue weighted by atomic mass is 31.1. The van der Waals surface area contributed by atoms with Gasteiger partial charge < -0.3 is 11.1 Å². The summed E-state index contributed by atoms with van der Waals surface area (Å²) in [7, 11) is -2.87. The molecule has 0 spiro atoms. The Morgan fingerprint density at radius 2 is 1.43 bits per heavy atom. The first-order chi connectivity index (χ1) is 3.15. The second-order valence-corrected chi connectivity index (χ2v) is 0.848. The minimum atomic E-state index is -2.87. The van der Waals surface area contributed by atoms with Crippen molar-refractivity contribution < 1.29 is 14.4 Å². The molecule has 0 aromatic carbocycles. The summed E-state index contributed by atoms with van der Waals surface area (Å²) in [5.74, 6) is 0. The van der Waals surface area contributed by atoms with Crippen molar-refractivity contribution >= 4 is 8.25 Å². The molecule has 7 heteroatoms. The van der Waals surface area contributed by atoms with Gasteiger partial charge in [-0.15, -0.1) is 9.79 Å². The van der Waals surface area contributed by atoms with Crippen molar-refractivity contribution in [3.8, 4) is 0 Å². The molecule has 0 aromatic rings. The lowest BCUT2D eigenvalue weighted by atomic mass is 13.0. The van der Waals surface area contributed by atoms with Crippen LogP contribution in [0.25, 0.3) is 16.0 Å². The lowest BCUT2D eigenvalue weighted by molar-refractivity contribution is 0.405. The predicted molar refractivity (Wildman–Crippen MR) is 22.1 cm³/mol. The third-order valence-corrected chi connectivity index (χ3v) is 0. The molecule has 0 aromatic heterocycles. The zero-order valence-corrected chi connectivity index (χ0v) is 3.99. The molecule has 0 radical (unpaired) electrons. The smallest absolute Gasteiger partial charge is 0.373 e. The normalized spacial score (nSPS) is 4.86. The Bertz CT molecular complexity index is 78.2. The molecule has 0 aliphatic heterocycles. The van der Waals surface area contributed by atoms with Gasteiger partial charge in [0.1, 0.15) is 0 Å². The first-order valence-electron chi connectivity index (χ1n) is 0.983. The maximum Gasteiger partial charge on any atom is 0.692 e. The van der Waals surface area contributed by atoms with E-state index in [0.717, 1.165) is 0 Å². The third kappa shape index (κ3) is 132. The van der Waals surface area contributed by atoms with Crippen LogP contribution >= 0.6 is 8.25 Å². The summed E-state index contributed by atoms with van der Waals surface area (Å²) < 4.78 is 8.70. The van der Waals surface area contributed by atoms with E-state index in [1.807, 2.05) is 0 Å². The second-order valence-electron chi connectivity index (χ2n) is 0.342. The quantitative estimate of drug-likeness (QED) is 0.211. The van der Waals surface area contributed by atoms with E-state index in [9.17, 15) is 0 Å². The van der Waals surface area contributed by atoms with Crippen molar-refractivity contribution in [3.63, 3.8) is 0 Å². The van der Waals surface area contributed by atoms with E-state index in [1.54, 1.807) is 0 Å². The van der Waals surface area contributed by atoms with E-state index in [-0.39, 0.29) is 0 Å². The van der Waals surface area contributed by atoms with Crippen LogP contribution in [0.5, 0.6) is 0 Å². The molecule has 0 fully saturated rings. The van der Waals surface area contributed by atoms with Crippen molar-refractivity contribution in [1.82, 2.24) is 0 Å². The summed E-state index contributed by atoms with van der Waals surface area (Å²) in [5, 5.41) is 0. The highest BCUT2D eigenvalue weighted by Crippen LogP contribution is 1.98. The zero-order chi connectivity index (χ0) is 6.28. The second kappa shape index (κ2) is 9.01. The Labute approximate surface area is 39.8 Å². The van der Waals surface area contributed by atoms with Gasteiger partial charge in [-0.05, 0) is 0 Å². The fourth-order valence-electron chi connectivity index (χ4n) is 0. The van der Waals surface area contributed by atoms with Gasteiger partial charge in [0, 0.05) is 4.57 Å². The number of hydrogen-bond donors (Lipinski definition) is 2. The molecule has 0 heterocycles. The van der Waals surface area contributed by atoms with Gasteiger partial charge in [0.2, 0.25) is 0 Å². The molecule has 0 aliphatic rings. The van der Waals surface area contributed by atoms with Crippen LogP contribution in [0.3, 0.4) is 0 Å². The summed E-state index contributed by atoms with van der Waals surface area (Å²) >= 11 is 0. The van der Waals surface area contributed by atoms with Crippen LogP contribution in [0.15, 0.2) is 0 Å². The van der Waals surface area contributed by atoms with Crippen molar-refractivity contribution in [1.29, 1.82) is 0 Å². The van der Waals surface area contributed by atoms with Gasteiger partial charge in [-0.2, -0.15) is 0 Å². The highest BCUT2D eigenvalue weighted by Gasteiger charge is 1.93. The molecule has 0 unspecified atom stereocenters. The van der Waals surface area contributed by atoms with E-state index in [0.29, 0.717) is 0 Å². The Morgan fingerprint density at radius 1 is 1.43 bits per heavy atom. The van der Waals surface area contributed by atoms with Crippen molar-refractivity contribution in [2.45, 2.75) is 0 Å². The Morgan fingerprint density at radius 3 is 1.43 bits per heavy atom. The van der Waals surface area contributed by atoms with E-state index < -0.39 is 8.25 Å². The molecule has 0 amide bonds. The topological polar surface area (TPSA) is 116 Å². The summed E-state index contributed by atoms with van der Waals surface area (Å²) in [6, 6.07) is 0. The molecule has 6 nitrogen and oxygen atoms in total. The van der Waals surface area contributed by atoms with Gasteiger partial charge in [-0.25, -0.2) is 0 Å². The van der Waals surface area contributed by atoms with Gasteiger partial charge in [0.25, 0.3) is 0 Å². The molecule has 0 saturated heterocycles. The van der Waals surface area contributed by atoms with Gasteiger partial charge in [-0.1, -0.05) is 0 Å². The van der Waals surface area contributed by atoms with Gasteiger partial charge in [0.15, 0.2) is 0 Å². The summed E-state index contributed by atoms with van der Waals surface area (Å²) in [6.45, 7) is 0. The van der Waals surface area contributed by atoms with E-state index in [4.69, 9.17) is 25.4 Å². The van der Waals surface area contributed by atoms with Crippen LogP contribution in [0.2, 0.25) is 0 Å². The van der Waals surface area contributed by atoms with Gasteiger partial charge >= 0.3 is 8.25 Å². The molecule has 0 bridgehead atoms. The van der Waals surface area contributed by atoms with E-state index >= 15 is 0 Å². The van der Waals surface area contributed by atoms with Crippen LogP contribution in [-0.4, -0.2) is 9.79 Å². The molecule has 0 rings (SSSR count). The van der Waals surface area contributed by atoms with Crippen molar-refractivity contribution in [3.05, 3.63) is 16.0 Å². The molecule has 0 atom stereocenters. The summed E-state index contributed by atoms with van der Waals surface area (Å²) in [6.07, 6.45) is 0. The van der Waals surface area contributed by atoms with Crippen LogP contribution < -0.4 is 0 Å². The Hall–Kier alpha value is -0.670. The lowest BCUT2D eigenvalue weighted by Crippen LogP contribution is -1.38. The summed E-state index contributed by atoms with van der Waals surface area (Å²) in [4.78, 5) is 15.7. The Balaban J connectivity index is 0. The maximum absolute atomic E-state index is 8.70. The largest absolute Gasteiger partial charge is 0.692 e. The molecular formula is H2N3O3P. The van der Waals surface area contributed by atoms with Crippen molar-refractivity contribution in [2.24, 2.45) is 0 Å². The first-order valence-corrected chi connectivity index (χ1v) is 2.15. The Kier molecular flexibility index (Phi) is 12.3. The summed E-state index contributed by atoms with van der Waals surface area (Å²) in [5.41, 5.74) is 13.5. The van der Waals surface area contributed by atoms with Crippen LogP contribution in [0.4, 0.5) is 0 Å². The molecule has 0 aliphatic carbocycles. The molecule has 0 saturated carbocycles. The fraction of sp³-hybridized carbons (Fsp3) is 0. The third-order valence-electron chi connectivity index (χ3n) is 0. The van der Waals surface area contributed by atoms with Crippen LogP contribution in [0, 0.1) is 0 Å². The minimum Gasteiger partial charge on any atom is -0.373 e.